The summed E-state index contributed by atoms with van der Waals surface area (Å²) in [5.74, 6) is 0.249. The van der Waals surface area contributed by atoms with Gasteiger partial charge in [0.25, 0.3) is 5.91 Å². The van der Waals surface area contributed by atoms with Crippen LogP contribution >= 0.6 is 15.9 Å². The minimum Gasteiger partial charge on any atom is -0.480 e. The van der Waals surface area contributed by atoms with E-state index < -0.39 is 16.1 Å². The molecule has 26 heavy (non-hydrogen) atoms. The van der Waals surface area contributed by atoms with Gasteiger partial charge in [-0.15, -0.1) is 0 Å². The number of aryl methyl sites for hydroxylation is 1. The number of amides is 1. The summed E-state index contributed by atoms with van der Waals surface area (Å²) < 4.78 is 33.0. The minimum absolute atomic E-state index is 0.0872. The molecule has 1 amide bonds. The largest absolute Gasteiger partial charge is 0.480 e. The van der Waals surface area contributed by atoms with Gasteiger partial charge in [-0.3, -0.25) is 4.79 Å². The first-order valence-corrected chi connectivity index (χ1v) is 10.3. The van der Waals surface area contributed by atoms with Crippen LogP contribution in [0.5, 0.6) is 5.75 Å². The van der Waals surface area contributed by atoms with Crippen molar-refractivity contribution in [3.8, 4) is 5.75 Å². The third kappa shape index (κ3) is 5.82. The van der Waals surface area contributed by atoms with Gasteiger partial charge >= 0.3 is 0 Å². The van der Waals surface area contributed by atoms with E-state index in [1.165, 1.54) is 12.1 Å². The number of ether oxygens (including phenoxy) is 1. The second-order valence-corrected chi connectivity index (χ2v) is 8.32. The third-order valence-corrected chi connectivity index (χ3v) is 5.63. The first-order valence-electron chi connectivity index (χ1n) is 8.05. The van der Waals surface area contributed by atoms with Crippen LogP contribution in [0.3, 0.4) is 0 Å². The maximum Gasteiger partial charge on any atom is 0.260 e. The Balaban J connectivity index is 1.79. The summed E-state index contributed by atoms with van der Waals surface area (Å²) in [4.78, 5) is 12.3. The van der Waals surface area contributed by atoms with E-state index in [9.17, 15) is 13.2 Å². The summed E-state index contributed by atoms with van der Waals surface area (Å²) in [5.41, 5.74) is 1.08. The molecular formula is C18H21BrN2O4S. The van der Waals surface area contributed by atoms with Crippen molar-refractivity contribution >= 4 is 31.9 Å². The van der Waals surface area contributed by atoms with Crippen molar-refractivity contribution in [2.24, 2.45) is 0 Å². The molecule has 0 saturated heterocycles. The van der Waals surface area contributed by atoms with Gasteiger partial charge in [-0.25, -0.2) is 13.1 Å². The van der Waals surface area contributed by atoms with Crippen molar-refractivity contribution < 1.29 is 17.9 Å². The maximum atomic E-state index is 12.1. The second kappa shape index (κ2) is 9.16. The number of benzene rings is 2. The van der Waals surface area contributed by atoms with Crippen LogP contribution in [0.2, 0.25) is 0 Å². The second-order valence-electron chi connectivity index (χ2n) is 5.70. The first kappa shape index (κ1) is 20.4. The zero-order chi connectivity index (χ0) is 19.2. The Kier molecular flexibility index (Phi) is 7.19. The van der Waals surface area contributed by atoms with Crippen LogP contribution in [0.25, 0.3) is 0 Å². The lowest BCUT2D eigenvalue weighted by Gasteiger charge is -2.16. The SMILES string of the molecule is Cc1ccc(OC(C)C(=O)NCCNS(=O)(=O)c2ccccc2)c(Br)c1. The highest BCUT2D eigenvalue weighted by Crippen LogP contribution is 2.26. The van der Waals surface area contributed by atoms with Gasteiger partial charge in [0.15, 0.2) is 6.10 Å². The van der Waals surface area contributed by atoms with E-state index in [0.29, 0.717) is 5.75 Å². The van der Waals surface area contributed by atoms with E-state index in [1.54, 1.807) is 31.2 Å². The van der Waals surface area contributed by atoms with Gasteiger partial charge in [-0.2, -0.15) is 0 Å². The molecule has 140 valence electrons. The molecule has 0 aliphatic carbocycles. The highest BCUT2D eigenvalue weighted by Gasteiger charge is 2.16. The van der Waals surface area contributed by atoms with Crippen LogP contribution in [0.4, 0.5) is 0 Å². The summed E-state index contributed by atoms with van der Waals surface area (Å²) in [5, 5.41) is 2.65. The number of nitrogens with one attached hydrogen (secondary N) is 2. The fourth-order valence-electron chi connectivity index (χ4n) is 2.14. The van der Waals surface area contributed by atoms with E-state index in [-0.39, 0.29) is 23.9 Å². The zero-order valence-electron chi connectivity index (χ0n) is 14.5. The molecule has 0 bridgehead atoms. The fraction of sp³-hybridized carbons (Fsp3) is 0.278. The molecule has 0 saturated carbocycles. The molecule has 2 rings (SSSR count). The van der Waals surface area contributed by atoms with Crippen LogP contribution < -0.4 is 14.8 Å². The number of hydrogen-bond acceptors (Lipinski definition) is 4. The Morgan fingerprint density at radius 2 is 1.85 bits per heavy atom. The molecule has 2 aromatic rings. The molecule has 2 N–H and O–H groups in total. The number of hydrogen-bond donors (Lipinski definition) is 2. The number of sulfonamides is 1. The summed E-state index contributed by atoms with van der Waals surface area (Å²) in [7, 11) is -3.58. The van der Waals surface area contributed by atoms with Crippen LogP contribution in [0, 0.1) is 6.92 Å². The van der Waals surface area contributed by atoms with Gasteiger partial charge in [0.05, 0.1) is 9.37 Å². The molecule has 0 spiro atoms. The maximum absolute atomic E-state index is 12.1. The van der Waals surface area contributed by atoms with Gasteiger partial charge in [0, 0.05) is 13.1 Å². The van der Waals surface area contributed by atoms with Crippen molar-refractivity contribution in [2.45, 2.75) is 24.8 Å². The van der Waals surface area contributed by atoms with Crippen LogP contribution in [0.1, 0.15) is 12.5 Å². The molecule has 8 heteroatoms. The highest BCUT2D eigenvalue weighted by molar-refractivity contribution is 9.10. The average molecular weight is 441 g/mol. The topological polar surface area (TPSA) is 84.5 Å². The van der Waals surface area contributed by atoms with Gasteiger partial charge in [0.1, 0.15) is 5.75 Å². The number of carbonyl (C=O) groups excluding carboxylic acids is 1. The van der Waals surface area contributed by atoms with E-state index in [4.69, 9.17) is 4.74 Å². The summed E-state index contributed by atoms with van der Waals surface area (Å²) in [6.45, 7) is 3.84. The Morgan fingerprint density at radius 3 is 2.50 bits per heavy atom. The Bertz CT molecular complexity index is 857. The highest BCUT2D eigenvalue weighted by atomic mass is 79.9. The zero-order valence-corrected chi connectivity index (χ0v) is 16.9. The quantitative estimate of drug-likeness (QED) is 0.617. The molecule has 1 unspecified atom stereocenters. The molecule has 0 aliphatic heterocycles. The van der Waals surface area contributed by atoms with E-state index in [0.717, 1.165) is 10.0 Å². The standard InChI is InChI=1S/C18H21BrN2O4S/c1-13-8-9-17(16(19)12-13)25-14(2)18(22)20-10-11-21-26(23,24)15-6-4-3-5-7-15/h3-9,12,14,21H,10-11H2,1-2H3,(H,20,22). The van der Waals surface area contributed by atoms with Crippen LogP contribution in [-0.4, -0.2) is 33.5 Å². The Hall–Kier alpha value is -1.90. The van der Waals surface area contributed by atoms with Crippen molar-refractivity contribution in [1.82, 2.24) is 10.0 Å². The molecule has 6 nitrogen and oxygen atoms in total. The molecular weight excluding hydrogens is 420 g/mol. The van der Waals surface area contributed by atoms with Gasteiger partial charge in [-0.05, 0) is 59.6 Å². The molecule has 0 heterocycles. The lowest BCUT2D eigenvalue weighted by molar-refractivity contribution is -0.127. The predicted molar refractivity (Wildman–Crippen MR) is 104 cm³/mol. The van der Waals surface area contributed by atoms with E-state index in [2.05, 4.69) is 26.0 Å². The van der Waals surface area contributed by atoms with Gasteiger partial charge < -0.3 is 10.1 Å². The molecule has 0 fully saturated rings. The summed E-state index contributed by atoms with van der Waals surface area (Å²) >= 11 is 3.40. The number of carbonyl (C=O) groups is 1. The van der Waals surface area contributed by atoms with Gasteiger partial charge in [-0.1, -0.05) is 24.3 Å². The van der Waals surface area contributed by atoms with Crippen molar-refractivity contribution in [1.29, 1.82) is 0 Å². The van der Waals surface area contributed by atoms with E-state index in [1.807, 2.05) is 19.1 Å². The van der Waals surface area contributed by atoms with Gasteiger partial charge in [0.2, 0.25) is 10.0 Å². The molecule has 0 radical (unpaired) electrons. The molecule has 1 atom stereocenters. The van der Waals surface area contributed by atoms with Crippen molar-refractivity contribution in [3.05, 3.63) is 58.6 Å². The Morgan fingerprint density at radius 1 is 1.15 bits per heavy atom. The van der Waals surface area contributed by atoms with Crippen molar-refractivity contribution in [2.75, 3.05) is 13.1 Å². The summed E-state index contributed by atoms with van der Waals surface area (Å²) in [6.07, 6.45) is -0.709. The van der Waals surface area contributed by atoms with E-state index >= 15 is 0 Å². The fourth-order valence-corrected chi connectivity index (χ4v) is 3.78. The Labute approximate surface area is 162 Å². The normalized spacial score (nSPS) is 12.4. The molecule has 0 aromatic heterocycles. The lowest BCUT2D eigenvalue weighted by Crippen LogP contribution is -2.40. The predicted octanol–water partition coefficient (Wildman–Crippen LogP) is 2.62. The van der Waals surface area contributed by atoms with Crippen molar-refractivity contribution in [3.63, 3.8) is 0 Å². The first-order chi connectivity index (χ1) is 12.3. The number of rotatable bonds is 8. The minimum atomic E-state index is -3.58. The smallest absolute Gasteiger partial charge is 0.260 e. The van der Waals surface area contributed by atoms with Crippen LogP contribution in [0.15, 0.2) is 57.9 Å². The van der Waals surface area contributed by atoms with Crippen LogP contribution in [-0.2, 0) is 14.8 Å². The lowest BCUT2D eigenvalue weighted by atomic mass is 10.2. The molecule has 0 aliphatic rings. The number of halogens is 1. The average Bonchev–Trinajstić information content (AvgIpc) is 2.61. The monoisotopic (exact) mass is 440 g/mol. The molecule has 2 aromatic carbocycles. The third-order valence-electron chi connectivity index (χ3n) is 3.53. The summed E-state index contributed by atoms with van der Waals surface area (Å²) in [6, 6.07) is 13.6.